The molecule has 0 aromatic carbocycles. The van der Waals surface area contributed by atoms with E-state index < -0.39 is 27.3 Å². The molecule has 0 saturated carbocycles. The topological polar surface area (TPSA) is 105 Å². The van der Waals surface area contributed by atoms with Crippen LogP contribution in [0.5, 0.6) is 0 Å². The molecule has 0 aromatic rings. The Morgan fingerprint density at radius 3 is 2.11 bits per heavy atom. The summed E-state index contributed by atoms with van der Waals surface area (Å²) in [6.45, 7) is 6.94. The van der Waals surface area contributed by atoms with Crippen molar-refractivity contribution in [2.45, 2.75) is 45.5 Å². The largest absolute Gasteiger partial charge is 0.463 e. The van der Waals surface area contributed by atoms with Crippen molar-refractivity contribution >= 4 is 22.3 Å². The van der Waals surface area contributed by atoms with Crippen molar-refractivity contribution in [2.75, 3.05) is 0 Å². The minimum atomic E-state index is -4.48. The molecular weight excluding hydrogens is 258 g/mol. The lowest BCUT2D eigenvalue weighted by Crippen LogP contribution is -2.38. The monoisotopic (exact) mass is 279 g/mol. The van der Waals surface area contributed by atoms with Crippen LogP contribution in [0, 0.1) is 17.2 Å². The van der Waals surface area contributed by atoms with Crippen molar-refractivity contribution in [3.8, 4) is 0 Å². The van der Waals surface area contributed by atoms with Crippen LogP contribution in [0.15, 0.2) is 0 Å². The number of hydrogen-bond acceptors (Lipinski definition) is 5. The van der Waals surface area contributed by atoms with Gasteiger partial charge in [0, 0.05) is 6.21 Å². The molecule has 0 aliphatic heterocycles. The van der Waals surface area contributed by atoms with E-state index in [1.165, 1.54) is 0 Å². The molecular formula is C11H21NO5S. The Balaban J connectivity index is 5.20. The maximum Gasteiger partial charge on any atom is 0.311 e. The molecule has 2 unspecified atom stereocenters. The molecule has 0 aliphatic carbocycles. The van der Waals surface area contributed by atoms with Crippen LogP contribution >= 0.6 is 0 Å². The molecule has 6 nitrogen and oxygen atoms in total. The lowest BCUT2D eigenvalue weighted by atomic mass is 9.94. The maximum absolute atomic E-state index is 11.8. The summed E-state index contributed by atoms with van der Waals surface area (Å²) in [5.74, 6) is -1.72. The van der Waals surface area contributed by atoms with Gasteiger partial charge < -0.3 is 10.1 Å². The van der Waals surface area contributed by atoms with Gasteiger partial charge in [-0.05, 0) is 26.2 Å². The SMILES string of the molecule is CC(C)CC(C(=O)OC(C)C)C(C=N)S(=O)(=O)O. The number of rotatable bonds is 7. The third-order valence-electron chi connectivity index (χ3n) is 2.28. The van der Waals surface area contributed by atoms with Gasteiger partial charge in [0.1, 0.15) is 5.25 Å². The van der Waals surface area contributed by atoms with Crippen LogP contribution in [0.3, 0.4) is 0 Å². The van der Waals surface area contributed by atoms with Crippen LogP contribution in [0.2, 0.25) is 0 Å². The Kier molecular flexibility index (Phi) is 6.48. The van der Waals surface area contributed by atoms with Crippen LogP contribution in [0.4, 0.5) is 0 Å². The van der Waals surface area contributed by atoms with Crippen molar-refractivity contribution in [1.82, 2.24) is 0 Å². The van der Waals surface area contributed by atoms with E-state index in [1.54, 1.807) is 13.8 Å². The van der Waals surface area contributed by atoms with Crippen LogP contribution in [0.1, 0.15) is 34.1 Å². The Labute approximate surface area is 108 Å². The predicted octanol–water partition coefficient (Wildman–Crippen LogP) is 1.51. The van der Waals surface area contributed by atoms with Gasteiger partial charge in [-0.3, -0.25) is 9.35 Å². The van der Waals surface area contributed by atoms with E-state index >= 15 is 0 Å². The third kappa shape index (κ3) is 5.59. The molecule has 0 spiro atoms. The highest BCUT2D eigenvalue weighted by molar-refractivity contribution is 7.87. The highest BCUT2D eigenvalue weighted by Gasteiger charge is 2.37. The zero-order chi connectivity index (χ0) is 14.5. The van der Waals surface area contributed by atoms with Gasteiger partial charge in [-0.1, -0.05) is 13.8 Å². The Bertz CT molecular complexity index is 388. The number of esters is 1. The summed E-state index contributed by atoms with van der Waals surface area (Å²) in [4.78, 5) is 11.8. The Hall–Kier alpha value is -0.950. The number of nitrogens with one attached hydrogen (secondary N) is 1. The molecule has 0 aromatic heterocycles. The van der Waals surface area contributed by atoms with Gasteiger partial charge in [0.05, 0.1) is 12.0 Å². The molecule has 0 radical (unpaired) electrons. The van der Waals surface area contributed by atoms with E-state index in [0.29, 0.717) is 6.21 Å². The first-order valence-electron chi connectivity index (χ1n) is 5.77. The molecule has 106 valence electrons. The summed E-state index contributed by atoms with van der Waals surface area (Å²) < 4.78 is 36.4. The van der Waals surface area contributed by atoms with Gasteiger partial charge in [0.2, 0.25) is 0 Å². The molecule has 0 aliphatic rings. The zero-order valence-corrected chi connectivity index (χ0v) is 11.9. The second kappa shape index (κ2) is 6.84. The highest BCUT2D eigenvalue weighted by Crippen LogP contribution is 2.21. The summed E-state index contributed by atoms with van der Waals surface area (Å²) in [5, 5.41) is 5.54. The fraction of sp³-hybridized carbons (Fsp3) is 0.818. The molecule has 18 heavy (non-hydrogen) atoms. The molecule has 7 heteroatoms. The zero-order valence-electron chi connectivity index (χ0n) is 11.1. The minimum absolute atomic E-state index is 0.0407. The fourth-order valence-electron chi connectivity index (χ4n) is 1.60. The predicted molar refractivity (Wildman–Crippen MR) is 68.3 cm³/mol. The molecule has 2 atom stereocenters. The first kappa shape index (κ1) is 17.1. The van der Waals surface area contributed by atoms with E-state index in [2.05, 4.69) is 0 Å². The minimum Gasteiger partial charge on any atom is -0.463 e. The van der Waals surface area contributed by atoms with Crippen molar-refractivity contribution in [1.29, 1.82) is 5.41 Å². The fourth-order valence-corrected chi connectivity index (χ4v) is 2.41. The van der Waals surface area contributed by atoms with Crippen LogP contribution in [-0.4, -0.2) is 36.5 Å². The summed E-state index contributed by atoms with van der Waals surface area (Å²) in [6.07, 6.45) is 0.426. The van der Waals surface area contributed by atoms with Crippen LogP contribution < -0.4 is 0 Å². The summed E-state index contributed by atoms with van der Waals surface area (Å²) in [7, 11) is -4.48. The van der Waals surface area contributed by atoms with Crippen LogP contribution in [0.25, 0.3) is 0 Å². The van der Waals surface area contributed by atoms with Crippen molar-refractivity contribution in [3.05, 3.63) is 0 Å². The molecule has 0 amide bonds. The lowest BCUT2D eigenvalue weighted by molar-refractivity contribution is -0.152. The third-order valence-corrected chi connectivity index (χ3v) is 3.44. The number of carbonyl (C=O) groups excluding carboxylic acids is 1. The van der Waals surface area contributed by atoms with Crippen molar-refractivity contribution in [2.24, 2.45) is 11.8 Å². The number of ether oxygens (including phenoxy) is 1. The first-order valence-corrected chi connectivity index (χ1v) is 7.27. The lowest BCUT2D eigenvalue weighted by Gasteiger charge is -2.23. The highest BCUT2D eigenvalue weighted by atomic mass is 32.2. The summed E-state index contributed by atoms with van der Waals surface area (Å²) in [5.41, 5.74) is 0. The molecule has 0 rings (SSSR count). The second-order valence-electron chi connectivity index (χ2n) is 4.87. The molecule has 0 heterocycles. The smallest absolute Gasteiger partial charge is 0.311 e. The van der Waals surface area contributed by atoms with Crippen molar-refractivity contribution < 1.29 is 22.5 Å². The van der Waals surface area contributed by atoms with Crippen molar-refractivity contribution in [3.63, 3.8) is 0 Å². The molecule has 0 bridgehead atoms. The van der Waals surface area contributed by atoms with E-state index in [4.69, 9.17) is 14.7 Å². The molecule has 0 saturated heterocycles. The van der Waals surface area contributed by atoms with E-state index in [9.17, 15) is 13.2 Å². The summed E-state index contributed by atoms with van der Waals surface area (Å²) >= 11 is 0. The Morgan fingerprint density at radius 2 is 1.83 bits per heavy atom. The quantitative estimate of drug-likeness (QED) is 0.417. The number of carbonyl (C=O) groups is 1. The van der Waals surface area contributed by atoms with Gasteiger partial charge in [-0.2, -0.15) is 8.42 Å². The van der Waals surface area contributed by atoms with E-state index in [0.717, 1.165) is 0 Å². The van der Waals surface area contributed by atoms with Gasteiger partial charge in [-0.15, -0.1) is 0 Å². The summed E-state index contributed by atoms with van der Waals surface area (Å²) in [6, 6.07) is 0. The Morgan fingerprint density at radius 1 is 1.33 bits per heavy atom. The van der Waals surface area contributed by atoms with Gasteiger partial charge >= 0.3 is 5.97 Å². The van der Waals surface area contributed by atoms with Gasteiger partial charge in [-0.25, -0.2) is 0 Å². The van der Waals surface area contributed by atoms with Gasteiger partial charge in [0.25, 0.3) is 10.1 Å². The second-order valence-corrected chi connectivity index (χ2v) is 6.44. The maximum atomic E-state index is 11.8. The standard InChI is InChI=1S/C11H21NO5S/c1-7(2)5-9(11(13)17-8(3)4)10(6-12)18(14,15)16/h6-10,12H,5H2,1-4H3,(H,14,15,16). The van der Waals surface area contributed by atoms with Crippen LogP contribution in [-0.2, 0) is 19.6 Å². The number of hydrogen-bond donors (Lipinski definition) is 2. The van der Waals surface area contributed by atoms with E-state index in [1.807, 2.05) is 13.8 Å². The first-order chi connectivity index (χ1) is 8.09. The normalized spacial score (nSPS) is 15.5. The average molecular weight is 279 g/mol. The molecule has 0 fully saturated rings. The average Bonchev–Trinajstić information content (AvgIpc) is 2.13. The van der Waals surface area contributed by atoms with E-state index in [-0.39, 0.29) is 18.4 Å². The molecule has 2 N–H and O–H groups in total. The van der Waals surface area contributed by atoms with Gasteiger partial charge in [0.15, 0.2) is 0 Å².